The quantitative estimate of drug-likeness (QED) is 0.437. The second-order valence-corrected chi connectivity index (χ2v) is 3.11. The van der Waals surface area contributed by atoms with Gasteiger partial charge < -0.3 is 0 Å². The van der Waals surface area contributed by atoms with Gasteiger partial charge in [-0.3, -0.25) is 9.63 Å². The zero-order valence-electron chi connectivity index (χ0n) is 8.61. The number of nitrogens with one attached hydrogen (secondary N) is 1. The third-order valence-electron chi connectivity index (χ3n) is 1.82. The summed E-state index contributed by atoms with van der Waals surface area (Å²) in [6.07, 6.45) is 2.81. The summed E-state index contributed by atoms with van der Waals surface area (Å²) in [7, 11) is 0. The van der Waals surface area contributed by atoms with E-state index in [1.165, 1.54) is 0 Å². The van der Waals surface area contributed by atoms with Gasteiger partial charge >= 0.3 is 0 Å². The molecule has 0 aromatic heterocycles. The first-order chi connectivity index (χ1) is 7.33. The molecular formula is C12H15NO2. The normalized spacial score (nSPS) is 9.60. The van der Waals surface area contributed by atoms with E-state index in [2.05, 4.69) is 12.1 Å². The van der Waals surface area contributed by atoms with E-state index in [4.69, 9.17) is 4.84 Å². The fourth-order valence-electron chi connectivity index (χ4n) is 1.09. The van der Waals surface area contributed by atoms with Crippen molar-refractivity contribution in [3.8, 4) is 0 Å². The molecule has 3 heteroatoms. The molecule has 0 bridgehead atoms. The van der Waals surface area contributed by atoms with Crippen molar-refractivity contribution in [3.05, 3.63) is 48.6 Å². The summed E-state index contributed by atoms with van der Waals surface area (Å²) < 4.78 is 0. The number of hydrogen-bond donors (Lipinski definition) is 1. The third kappa shape index (κ3) is 4.98. The Balaban J connectivity index is 2.22. The van der Waals surface area contributed by atoms with E-state index in [1.807, 2.05) is 30.3 Å². The third-order valence-corrected chi connectivity index (χ3v) is 1.82. The maximum atomic E-state index is 11.3. The van der Waals surface area contributed by atoms with Crippen molar-refractivity contribution in [2.24, 2.45) is 0 Å². The number of amides is 1. The summed E-state index contributed by atoms with van der Waals surface area (Å²) in [5.74, 6) is -0.134. The Morgan fingerprint density at radius 2 is 2.13 bits per heavy atom. The minimum atomic E-state index is -0.134. The van der Waals surface area contributed by atoms with Gasteiger partial charge in [0.25, 0.3) is 0 Å². The molecule has 1 amide bonds. The van der Waals surface area contributed by atoms with Crippen molar-refractivity contribution < 1.29 is 9.63 Å². The van der Waals surface area contributed by atoms with Gasteiger partial charge in [-0.05, 0) is 12.0 Å². The van der Waals surface area contributed by atoms with Crippen molar-refractivity contribution >= 4 is 5.91 Å². The van der Waals surface area contributed by atoms with Crippen molar-refractivity contribution in [1.82, 2.24) is 5.48 Å². The van der Waals surface area contributed by atoms with Gasteiger partial charge in [-0.1, -0.05) is 36.4 Å². The van der Waals surface area contributed by atoms with Crippen LogP contribution < -0.4 is 5.48 Å². The molecule has 1 N–H and O–H groups in total. The summed E-state index contributed by atoms with van der Waals surface area (Å²) in [4.78, 5) is 16.3. The Hall–Kier alpha value is -1.61. The molecule has 15 heavy (non-hydrogen) atoms. The molecule has 0 unspecified atom stereocenters. The molecule has 0 aliphatic heterocycles. The predicted molar refractivity (Wildman–Crippen MR) is 59.1 cm³/mol. The van der Waals surface area contributed by atoms with Gasteiger partial charge in [-0.15, -0.1) is 6.58 Å². The second-order valence-electron chi connectivity index (χ2n) is 3.11. The lowest BCUT2D eigenvalue weighted by Gasteiger charge is -2.04. The SMILES string of the molecule is C=CCCONC(=O)Cc1ccccc1. The van der Waals surface area contributed by atoms with E-state index in [1.54, 1.807) is 6.08 Å². The lowest BCUT2D eigenvalue weighted by molar-refractivity contribution is -0.132. The number of carbonyl (C=O) groups excluding carboxylic acids is 1. The predicted octanol–water partition coefficient (Wildman–Crippen LogP) is 1.85. The van der Waals surface area contributed by atoms with Gasteiger partial charge in [0.05, 0.1) is 13.0 Å². The van der Waals surface area contributed by atoms with Crippen LogP contribution in [0.1, 0.15) is 12.0 Å². The minimum absolute atomic E-state index is 0.134. The molecule has 0 saturated heterocycles. The Bertz CT molecular complexity index is 309. The molecule has 0 saturated carbocycles. The van der Waals surface area contributed by atoms with E-state index in [0.29, 0.717) is 13.0 Å². The summed E-state index contributed by atoms with van der Waals surface area (Å²) in [5.41, 5.74) is 3.35. The van der Waals surface area contributed by atoms with Gasteiger partial charge in [0.1, 0.15) is 0 Å². The highest BCUT2D eigenvalue weighted by molar-refractivity contribution is 5.77. The summed E-state index contributed by atoms with van der Waals surface area (Å²) in [5, 5.41) is 0. The van der Waals surface area contributed by atoms with Crippen LogP contribution in [0.4, 0.5) is 0 Å². The van der Waals surface area contributed by atoms with Crippen molar-refractivity contribution in [2.75, 3.05) is 6.61 Å². The highest BCUT2D eigenvalue weighted by Gasteiger charge is 2.01. The standard InChI is InChI=1S/C12H15NO2/c1-2-3-9-15-13-12(14)10-11-7-5-4-6-8-11/h2,4-8H,1,3,9-10H2,(H,13,14). The van der Waals surface area contributed by atoms with E-state index in [-0.39, 0.29) is 5.91 Å². The second kappa shape index (κ2) is 6.79. The van der Waals surface area contributed by atoms with E-state index in [9.17, 15) is 4.79 Å². The molecule has 1 aromatic rings. The zero-order chi connectivity index (χ0) is 10.9. The first-order valence-electron chi connectivity index (χ1n) is 4.88. The Morgan fingerprint density at radius 1 is 1.40 bits per heavy atom. The topological polar surface area (TPSA) is 38.3 Å². The van der Waals surface area contributed by atoms with Gasteiger partial charge in [0, 0.05) is 0 Å². The zero-order valence-corrected chi connectivity index (χ0v) is 8.61. The smallest absolute Gasteiger partial charge is 0.247 e. The first-order valence-corrected chi connectivity index (χ1v) is 4.88. The van der Waals surface area contributed by atoms with Crippen LogP contribution in [0.25, 0.3) is 0 Å². The largest absolute Gasteiger partial charge is 0.273 e. The lowest BCUT2D eigenvalue weighted by Crippen LogP contribution is -2.25. The maximum absolute atomic E-state index is 11.3. The Morgan fingerprint density at radius 3 is 2.80 bits per heavy atom. The molecular weight excluding hydrogens is 190 g/mol. The van der Waals surface area contributed by atoms with Crippen LogP contribution in [0, 0.1) is 0 Å². The lowest BCUT2D eigenvalue weighted by atomic mass is 10.1. The Labute approximate surface area is 89.7 Å². The number of hydrogen-bond acceptors (Lipinski definition) is 2. The average Bonchev–Trinajstić information content (AvgIpc) is 2.26. The van der Waals surface area contributed by atoms with Crippen LogP contribution in [-0.2, 0) is 16.1 Å². The van der Waals surface area contributed by atoms with Crippen molar-refractivity contribution in [2.45, 2.75) is 12.8 Å². The number of benzene rings is 1. The van der Waals surface area contributed by atoms with Gasteiger partial charge in [0.2, 0.25) is 5.91 Å². The molecule has 0 atom stereocenters. The van der Waals surface area contributed by atoms with Gasteiger partial charge in [-0.25, -0.2) is 5.48 Å². The molecule has 0 fully saturated rings. The molecule has 80 valence electrons. The van der Waals surface area contributed by atoms with Crippen LogP contribution in [-0.4, -0.2) is 12.5 Å². The fraction of sp³-hybridized carbons (Fsp3) is 0.250. The summed E-state index contributed by atoms with van der Waals surface area (Å²) in [6.45, 7) is 4.01. The maximum Gasteiger partial charge on any atom is 0.247 e. The van der Waals surface area contributed by atoms with Crippen LogP contribution in [0.2, 0.25) is 0 Å². The van der Waals surface area contributed by atoms with Crippen LogP contribution in [0.15, 0.2) is 43.0 Å². The molecule has 0 aliphatic rings. The number of hydroxylamine groups is 1. The highest BCUT2D eigenvalue weighted by Crippen LogP contribution is 1.98. The summed E-state index contributed by atoms with van der Waals surface area (Å²) in [6, 6.07) is 9.54. The molecule has 1 rings (SSSR count). The van der Waals surface area contributed by atoms with Gasteiger partial charge in [-0.2, -0.15) is 0 Å². The van der Waals surface area contributed by atoms with E-state index >= 15 is 0 Å². The molecule has 0 radical (unpaired) electrons. The minimum Gasteiger partial charge on any atom is -0.273 e. The van der Waals surface area contributed by atoms with Crippen LogP contribution in [0.3, 0.4) is 0 Å². The number of carbonyl (C=O) groups is 1. The molecule has 0 spiro atoms. The van der Waals surface area contributed by atoms with E-state index in [0.717, 1.165) is 12.0 Å². The first kappa shape index (κ1) is 11.5. The monoisotopic (exact) mass is 205 g/mol. The van der Waals surface area contributed by atoms with Crippen molar-refractivity contribution in [3.63, 3.8) is 0 Å². The molecule has 0 heterocycles. The fourth-order valence-corrected chi connectivity index (χ4v) is 1.09. The average molecular weight is 205 g/mol. The Kier molecular flexibility index (Phi) is 5.19. The van der Waals surface area contributed by atoms with Crippen molar-refractivity contribution in [1.29, 1.82) is 0 Å². The molecule has 3 nitrogen and oxygen atoms in total. The van der Waals surface area contributed by atoms with Gasteiger partial charge in [0.15, 0.2) is 0 Å². The highest BCUT2D eigenvalue weighted by atomic mass is 16.6. The molecule has 0 aliphatic carbocycles. The van der Waals surface area contributed by atoms with Crippen LogP contribution in [0.5, 0.6) is 0 Å². The summed E-state index contributed by atoms with van der Waals surface area (Å²) >= 11 is 0. The molecule has 1 aromatic carbocycles. The van der Waals surface area contributed by atoms with Crippen LogP contribution >= 0.6 is 0 Å². The number of rotatable bonds is 6. The van der Waals surface area contributed by atoms with E-state index < -0.39 is 0 Å².